The summed E-state index contributed by atoms with van der Waals surface area (Å²) in [4.78, 5) is 32.4. The molecule has 11 heteroatoms. The van der Waals surface area contributed by atoms with Gasteiger partial charge >= 0.3 is 7.75 Å². The Morgan fingerprint density at radius 1 is 1.39 bits per heavy atom. The highest BCUT2D eigenvalue weighted by atomic mass is 32.2. The highest BCUT2D eigenvalue weighted by molar-refractivity contribution is 8.15. The number of nitrogens with zero attached hydrogens (tertiary/aromatic N) is 1. The number of thioether (sulfide) groups is 4. The van der Waals surface area contributed by atoms with Crippen LogP contribution >= 0.6 is 54.8 Å². The third kappa shape index (κ3) is 9.57. The molecule has 0 aliphatic carbocycles. The second-order valence-corrected chi connectivity index (χ2v) is 11.0. The van der Waals surface area contributed by atoms with Crippen molar-refractivity contribution in [3.8, 4) is 0 Å². The van der Waals surface area contributed by atoms with E-state index < -0.39 is 7.75 Å². The zero-order chi connectivity index (χ0) is 17.3. The fourth-order valence-corrected chi connectivity index (χ4v) is 7.48. The van der Waals surface area contributed by atoms with E-state index in [0.717, 1.165) is 23.0 Å². The predicted octanol–water partition coefficient (Wildman–Crippen LogP) is 3.66. The van der Waals surface area contributed by atoms with Crippen LogP contribution < -0.4 is 0 Å². The van der Waals surface area contributed by atoms with Gasteiger partial charge in [0.05, 0.1) is 6.61 Å². The molecule has 0 aromatic heterocycles. The van der Waals surface area contributed by atoms with Gasteiger partial charge in [0.15, 0.2) is 0 Å². The van der Waals surface area contributed by atoms with Crippen molar-refractivity contribution in [3.63, 3.8) is 0 Å². The molecule has 1 aliphatic heterocycles. The highest BCUT2D eigenvalue weighted by Gasteiger charge is 2.23. The summed E-state index contributed by atoms with van der Waals surface area (Å²) in [5, 5.41) is 1.07. The normalized spacial score (nSPS) is 23.9. The van der Waals surface area contributed by atoms with Crippen LogP contribution in [-0.2, 0) is 13.9 Å². The van der Waals surface area contributed by atoms with E-state index in [1.54, 1.807) is 18.7 Å². The second-order valence-electron chi connectivity index (χ2n) is 4.77. The second kappa shape index (κ2) is 11.2. The van der Waals surface area contributed by atoms with Crippen LogP contribution in [0.25, 0.3) is 0 Å². The lowest BCUT2D eigenvalue weighted by molar-refractivity contribution is -0.107. The van der Waals surface area contributed by atoms with Gasteiger partial charge < -0.3 is 4.89 Å². The van der Waals surface area contributed by atoms with Crippen LogP contribution in [0.15, 0.2) is 17.1 Å². The van der Waals surface area contributed by atoms with Gasteiger partial charge in [-0.3, -0.25) is 9.32 Å². The van der Waals surface area contributed by atoms with Crippen molar-refractivity contribution in [1.29, 1.82) is 0 Å². The van der Waals surface area contributed by atoms with Gasteiger partial charge in [0.25, 0.3) is 0 Å². The van der Waals surface area contributed by atoms with Gasteiger partial charge in [-0.1, -0.05) is 18.3 Å². The molecule has 6 nitrogen and oxygen atoms in total. The third-order valence-corrected chi connectivity index (χ3v) is 9.32. The average molecular weight is 418 g/mol. The van der Waals surface area contributed by atoms with Crippen molar-refractivity contribution in [3.05, 3.63) is 17.1 Å². The van der Waals surface area contributed by atoms with Crippen molar-refractivity contribution in [1.82, 2.24) is 0 Å². The molecule has 0 aromatic rings. The lowest BCUT2D eigenvalue weighted by Gasteiger charge is -2.27. The summed E-state index contributed by atoms with van der Waals surface area (Å²) in [7, 11) is -4.27. The summed E-state index contributed by atoms with van der Waals surface area (Å²) in [6.45, 7) is 5.42. The monoisotopic (exact) mass is 417 g/mol. The lowest BCUT2D eigenvalue weighted by atomic mass is 10.4. The molecule has 0 radical (unpaired) electrons. The number of rotatable bonds is 10. The van der Waals surface area contributed by atoms with Crippen LogP contribution in [0.3, 0.4) is 0 Å². The van der Waals surface area contributed by atoms with E-state index >= 15 is 0 Å². The maximum Gasteiger partial charge on any atom is 0.487 e. The van der Waals surface area contributed by atoms with Crippen molar-refractivity contribution >= 4 is 59.9 Å². The maximum absolute atomic E-state index is 11.5. The Bertz CT molecular complexity index is 470. The Morgan fingerprint density at radius 3 is 2.52 bits per heavy atom. The Kier molecular flexibility index (Phi) is 10.5. The molecule has 0 amide bonds. The molecular formula is C12H20NO5PS4. The molecule has 1 aliphatic rings. The zero-order valence-electron chi connectivity index (χ0n) is 12.7. The minimum atomic E-state index is -4.27. The summed E-state index contributed by atoms with van der Waals surface area (Å²) >= 11 is 6.76. The minimum Gasteiger partial charge on any atom is -0.305 e. The van der Waals surface area contributed by atoms with Gasteiger partial charge in [-0.2, -0.15) is 35.3 Å². The first-order valence-electron chi connectivity index (χ1n) is 6.80. The van der Waals surface area contributed by atoms with Gasteiger partial charge in [0, 0.05) is 44.2 Å². The van der Waals surface area contributed by atoms with Crippen LogP contribution in [0.4, 0.5) is 0 Å². The SMILES string of the molecule is C=C(C)C(=O)SCC1CSC(CSCCOP(=O)(O)N=O)CS1. The first kappa shape index (κ1) is 21.6. The van der Waals surface area contributed by atoms with Crippen molar-refractivity contribution in [2.45, 2.75) is 17.4 Å². The number of hydrogen-bond acceptors (Lipinski definition) is 8. The third-order valence-electron chi connectivity index (χ3n) is 2.68. The van der Waals surface area contributed by atoms with E-state index in [-0.39, 0.29) is 11.7 Å². The quantitative estimate of drug-likeness (QED) is 0.247. The minimum absolute atomic E-state index is 0.0387. The fraction of sp³-hybridized carbons (Fsp3) is 0.750. The van der Waals surface area contributed by atoms with E-state index in [1.807, 2.05) is 28.5 Å². The highest BCUT2D eigenvalue weighted by Crippen LogP contribution is 2.43. The largest absolute Gasteiger partial charge is 0.487 e. The van der Waals surface area contributed by atoms with Crippen LogP contribution in [0.5, 0.6) is 0 Å². The van der Waals surface area contributed by atoms with Crippen LogP contribution in [0.1, 0.15) is 6.92 Å². The van der Waals surface area contributed by atoms with Gasteiger partial charge in [-0.25, -0.2) is 4.57 Å². The summed E-state index contributed by atoms with van der Waals surface area (Å²) in [6.07, 6.45) is 0. The van der Waals surface area contributed by atoms with Crippen molar-refractivity contribution in [2.75, 3.05) is 35.4 Å². The topological polar surface area (TPSA) is 93.0 Å². The molecular weight excluding hydrogens is 397 g/mol. The van der Waals surface area contributed by atoms with Crippen LogP contribution in [-0.4, -0.2) is 55.9 Å². The number of carbonyl (C=O) groups is 1. The standard InChI is InChI=1S/C12H20NO5PS4/c1-9(2)12(14)23-8-11-7-21-10(6-22-11)5-20-4-3-18-19(16,17)13-15/h10-11H,1,3-8H2,2H3,(H,16,17). The first-order valence-corrected chi connectivity index (χ1v) is 12.6. The molecule has 1 heterocycles. The molecule has 1 fully saturated rings. The van der Waals surface area contributed by atoms with E-state index in [2.05, 4.69) is 11.1 Å². The van der Waals surface area contributed by atoms with Gasteiger partial charge in [-0.15, -0.1) is 4.91 Å². The molecule has 1 saturated heterocycles. The predicted molar refractivity (Wildman–Crippen MR) is 104 cm³/mol. The van der Waals surface area contributed by atoms with Crippen LogP contribution in [0, 0.1) is 4.91 Å². The number of nitroso groups, excluding NO2 is 1. The van der Waals surface area contributed by atoms with E-state index in [9.17, 15) is 14.3 Å². The molecule has 0 bridgehead atoms. The molecule has 3 atom stereocenters. The molecule has 1 rings (SSSR count). The van der Waals surface area contributed by atoms with E-state index in [1.165, 1.54) is 11.8 Å². The Labute approximate surface area is 153 Å². The lowest BCUT2D eigenvalue weighted by Crippen LogP contribution is -2.25. The van der Waals surface area contributed by atoms with Crippen LogP contribution in [0.2, 0.25) is 0 Å². The summed E-state index contributed by atoms with van der Waals surface area (Å²) in [5.74, 6) is 4.34. The maximum atomic E-state index is 11.5. The molecule has 0 saturated carbocycles. The number of carbonyl (C=O) groups excluding carboxylic acids is 1. The van der Waals surface area contributed by atoms with Crippen molar-refractivity contribution < 1.29 is 18.8 Å². The fourth-order valence-electron chi connectivity index (χ4n) is 1.52. The van der Waals surface area contributed by atoms with E-state index in [0.29, 0.717) is 21.8 Å². The molecule has 132 valence electrons. The Balaban J connectivity index is 2.08. The molecule has 0 aromatic carbocycles. The smallest absolute Gasteiger partial charge is 0.305 e. The molecule has 1 N–H and O–H groups in total. The van der Waals surface area contributed by atoms with Gasteiger partial charge in [-0.05, 0) is 12.5 Å². The molecule has 0 spiro atoms. The number of hydrogen-bond donors (Lipinski definition) is 1. The van der Waals surface area contributed by atoms with Gasteiger partial charge in [0.2, 0.25) is 5.12 Å². The molecule has 23 heavy (non-hydrogen) atoms. The average Bonchev–Trinajstić information content (AvgIpc) is 2.53. The van der Waals surface area contributed by atoms with Gasteiger partial charge in [0.1, 0.15) is 0 Å². The Hall–Kier alpha value is 0.560. The first-order chi connectivity index (χ1) is 10.8. The summed E-state index contributed by atoms with van der Waals surface area (Å²) in [5.41, 5.74) is 0.595. The summed E-state index contributed by atoms with van der Waals surface area (Å²) in [6, 6.07) is 0. The van der Waals surface area contributed by atoms with E-state index in [4.69, 9.17) is 4.89 Å². The molecule has 3 unspecified atom stereocenters. The van der Waals surface area contributed by atoms with Crippen molar-refractivity contribution in [2.24, 2.45) is 4.95 Å². The Morgan fingerprint density at radius 2 is 2.00 bits per heavy atom. The zero-order valence-corrected chi connectivity index (χ0v) is 16.9. The summed E-state index contributed by atoms with van der Waals surface area (Å²) < 4.78 is 15.4.